The highest BCUT2D eigenvalue weighted by Gasteiger charge is 2.35. The Morgan fingerprint density at radius 2 is 1.87 bits per heavy atom. The number of aliphatic imine (C=N–C) groups is 1. The van der Waals surface area contributed by atoms with E-state index in [1.165, 1.54) is 21.2 Å². The zero-order chi connectivity index (χ0) is 21.7. The predicted octanol–water partition coefficient (Wildman–Crippen LogP) is 4.16. The Bertz CT molecular complexity index is 1010. The minimum atomic E-state index is -0.579. The summed E-state index contributed by atoms with van der Waals surface area (Å²) >= 11 is 1.63. The fourth-order valence-corrected chi connectivity index (χ4v) is 5.46. The van der Waals surface area contributed by atoms with Gasteiger partial charge >= 0.3 is 0 Å². The van der Waals surface area contributed by atoms with Crippen LogP contribution in [0.2, 0.25) is 0 Å². The molecule has 0 aliphatic carbocycles. The van der Waals surface area contributed by atoms with Crippen molar-refractivity contribution >= 4 is 27.4 Å². The van der Waals surface area contributed by atoms with Gasteiger partial charge in [0.05, 0.1) is 0 Å². The highest BCUT2D eigenvalue weighted by Crippen LogP contribution is 2.36. The molecule has 1 aliphatic heterocycles. The number of rotatable bonds is 6. The zero-order valence-electron chi connectivity index (χ0n) is 18.2. The first-order valence-corrected chi connectivity index (χ1v) is 11.7. The highest BCUT2D eigenvalue weighted by atomic mass is 32.1. The molecule has 31 heavy (non-hydrogen) atoms. The molecule has 0 amide bonds. The number of fused-ring (bicyclic) bond motifs is 1. The molecule has 0 saturated carbocycles. The van der Waals surface area contributed by atoms with Gasteiger partial charge in [-0.1, -0.05) is 42.5 Å². The number of ether oxygens (including phenoxy) is 1. The monoisotopic (exact) mass is 437 g/mol. The van der Waals surface area contributed by atoms with Crippen LogP contribution in [-0.4, -0.2) is 44.4 Å². The van der Waals surface area contributed by atoms with Gasteiger partial charge in [0.15, 0.2) is 5.96 Å². The minimum absolute atomic E-state index is 0.0192. The van der Waals surface area contributed by atoms with E-state index in [1.807, 2.05) is 12.1 Å². The maximum absolute atomic E-state index is 10.7. The van der Waals surface area contributed by atoms with Gasteiger partial charge in [-0.15, -0.1) is 11.3 Å². The third-order valence-electron chi connectivity index (χ3n) is 6.22. The second-order valence-electron chi connectivity index (χ2n) is 8.22. The van der Waals surface area contributed by atoms with Crippen LogP contribution in [0.3, 0.4) is 0 Å². The number of guanidine groups is 1. The van der Waals surface area contributed by atoms with Gasteiger partial charge in [0.1, 0.15) is 6.10 Å². The van der Waals surface area contributed by atoms with Crippen LogP contribution in [0.4, 0.5) is 0 Å². The summed E-state index contributed by atoms with van der Waals surface area (Å²) in [4.78, 5) is 5.35. The van der Waals surface area contributed by atoms with Crippen molar-refractivity contribution in [1.82, 2.24) is 10.6 Å². The van der Waals surface area contributed by atoms with Crippen LogP contribution in [0.1, 0.15) is 34.9 Å². The van der Waals surface area contributed by atoms with Gasteiger partial charge < -0.3 is 20.5 Å². The topological polar surface area (TPSA) is 65.9 Å². The lowest BCUT2D eigenvalue weighted by molar-refractivity contribution is 0.0511. The van der Waals surface area contributed by atoms with Crippen LogP contribution in [-0.2, 0) is 10.2 Å². The summed E-state index contributed by atoms with van der Waals surface area (Å²) in [7, 11) is 1.77. The van der Waals surface area contributed by atoms with Crippen molar-refractivity contribution < 1.29 is 9.84 Å². The Morgan fingerprint density at radius 1 is 1.13 bits per heavy atom. The standard InChI is InChI=1S/C25H31N3O2S/c1-18-7-3-5-9-20(18)25(11-13-30-14-12-25)17-28-24(26-2)27-16-21(29)23-15-19-8-4-6-10-22(19)31-23/h3-10,15,21,29H,11-14,16-17H2,1-2H3,(H2,26,27,28). The molecule has 1 aliphatic rings. The number of nitrogens with one attached hydrogen (secondary N) is 2. The Balaban J connectivity index is 1.40. The van der Waals surface area contributed by atoms with Crippen molar-refractivity contribution in [3.63, 3.8) is 0 Å². The van der Waals surface area contributed by atoms with Crippen LogP contribution >= 0.6 is 11.3 Å². The molecule has 2 heterocycles. The molecule has 6 heteroatoms. The number of aryl methyl sites for hydroxylation is 1. The zero-order valence-corrected chi connectivity index (χ0v) is 19.0. The minimum Gasteiger partial charge on any atom is -0.386 e. The number of hydrogen-bond acceptors (Lipinski definition) is 4. The first-order valence-electron chi connectivity index (χ1n) is 10.9. The number of benzene rings is 2. The van der Waals surface area contributed by atoms with Crippen molar-refractivity contribution in [1.29, 1.82) is 0 Å². The molecule has 1 unspecified atom stereocenters. The van der Waals surface area contributed by atoms with Gasteiger partial charge in [-0.2, -0.15) is 0 Å². The molecule has 0 radical (unpaired) electrons. The van der Waals surface area contributed by atoms with Gasteiger partial charge in [0.25, 0.3) is 0 Å². The summed E-state index contributed by atoms with van der Waals surface area (Å²) in [6, 6.07) is 18.9. The average Bonchev–Trinajstić information content (AvgIpc) is 3.24. The molecule has 164 valence electrons. The summed E-state index contributed by atoms with van der Waals surface area (Å²) in [5.41, 5.74) is 2.71. The van der Waals surface area contributed by atoms with Crippen LogP contribution in [0.5, 0.6) is 0 Å². The lowest BCUT2D eigenvalue weighted by atomic mass is 9.72. The molecule has 1 atom stereocenters. The third kappa shape index (κ3) is 4.92. The van der Waals surface area contributed by atoms with E-state index in [0.717, 1.165) is 37.5 Å². The normalized spacial score (nSPS) is 17.5. The number of nitrogens with zero attached hydrogens (tertiary/aromatic N) is 1. The molecule has 2 aromatic carbocycles. The fourth-order valence-electron chi connectivity index (χ4n) is 4.41. The number of thiophene rings is 1. The molecule has 5 nitrogen and oxygen atoms in total. The second-order valence-corrected chi connectivity index (χ2v) is 9.33. The van der Waals surface area contributed by atoms with Gasteiger partial charge in [-0.3, -0.25) is 4.99 Å². The van der Waals surface area contributed by atoms with E-state index < -0.39 is 6.10 Å². The summed E-state index contributed by atoms with van der Waals surface area (Å²) < 4.78 is 6.86. The van der Waals surface area contributed by atoms with Crippen molar-refractivity contribution in [2.45, 2.75) is 31.3 Å². The highest BCUT2D eigenvalue weighted by molar-refractivity contribution is 7.19. The van der Waals surface area contributed by atoms with Gasteiger partial charge in [0, 0.05) is 48.3 Å². The predicted molar refractivity (Wildman–Crippen MR) is 129 cm³/mol. The average molecular weight is 438 g/mol. The molecular formula is C25H31N3O2S. The van der Waals surface area contributed by atoms with Crippen molar-refractivity contribution in [2.75, 3.05) is 33.4 Å². The lowest BCUT2D eigenvalue weighted by Crippen LogP contribution is -2.48. The molecule has 1 saturated heterocycles. The Labute approximate surface area is 188 Å². The lowest BCUT2D eigenvalue weighted by Gasteiger charge is -2.39. The van der Waals surface area contributed by atoms with Gasteiger partial charge in [-0.25, -0.2) is 0 Å². The number of hydrogen-bond donors (Lipinski definition) is 3. The number of aliphatic hydroxyl groups excluding tert-OH is 1. The van der Waals surface area contributed by atoms with Crippen LogP contribution in [0, 0.1) is 6.92 Å². The molecule has 1 aromatic heterocycles. The molecular weight excluding hydrogens is 406 g/mol. The smallest absolute Gasteiger partial charge is 0.191 e. The number of aliphatic hydroxyl groups is 1. The van der Waals surface area contributed by atoms with E-state index in [-0.39, 0.29) is 5.41 Å². The third-order valence-corrected chi connectivity index (χ3v) is 7.44. The molecule has 4 rings (SSSR count). The van der Waals surface area contributed by atoms with E-state index in [9.17, 15) is 5.11 Å². The van der Waals surface area contributed by atoms with Gasteiger partial charge in [-0.05, 0) is 48.4 Å². The van der Waals surface area contributed by atoms with Crippen molar-refractivity contribution in [2.24, 2.45) is 4.99 Å². The fraction of sp³-hybridized carbons (Fsp3) is 0.400. The summed E-state index contributed by atoms with van der Waals surface area (Å²) in [5.74, 6) is 0.708. The molecule has 3 aromatic rings. The van der Waals surface area contributed by atoms with Crippen molar-refractivity contribution in [3.8, 4) is 0 Å². The SMILES string of the molecule is CN=C(NCC(O)c1cc2ccccc2s1)NCC1(c2ccccc2C)CCOCC1. The van der Waals surface area contributed by atoms with Crippen LogP contribution < -0.4 is 10.6 Å². The molecule has 1 fully saturated rings. The van der Waals surface area contributed by atoms with Crippen LogP contribution in [0.25, 0.3) is 10.1 Å². The second kappa shape index (κ2) is 9.81. The van der Waals surface area contributed by atoms with E-state index in [1.54, 1.807) is 18.4 Å². The molecule has 0 bridgehead atoms. The van der Waals surface area contributed by atoms with E-state index >= 15 is 0 Å². The maximum atomic E-state index is 10.7. The van der Waals surface area contributed by atoms with E-state index in [4.69, 9.17) is 4.74 Å². The summed E-state index contributed by atoms with van der Waals surface area (Å²) in [6.07, 6.45) is 1.38. The summed E-state index contributed by atoms with van der Waals surface area (Å²) in [5, 5.41) is 18.7. The Kier molecular flexibility index (Phi) is 6.90. The Hall–Kier alpha value is -2.41. The first kappa shape index (κ1) is 21.8. The van der Waals surface area contributed by atoms with Gasteiger partial charge in [0.2, 0.25) is 0 Å². The molecule has 3 N–H and O–H groups in total. The maximum Gasteiger partial charge on any atom is 0.191 e. The first-order chi connectivity index (χ1) is 15.1. The Morgan fingerprint density at radius 3 is 2.61 bits per heavy atom. The van der Waals surface area contributed by atoms with Crippen LogP contribution in [0.15, 0.2) is 59.6 Å². The van der Waals surface area contributed by atoms with E-state index in [2.05, 4.69) is 65.0 Å². The van der Waals surface area contributed by atoms with E-state index in [0.29, 0.717) is 12.5 Å². The largest absolute Gasteiger partial charge is 0.386 e. The van der Waals surface area contributed by atoms with Crippen molar-refractivity contribution in [3.05, 3.63) is 70.6 Å². The molecule has 0 spiro atoms. The summed E-state index contributed by atoms with van der Waals surface area (Å²) in [6.45, 7) is 4.91. The quantitative estimate of drug-likeness (QED) is 0.400.